The van der Waals surface area contributed by atoms with Gasteiger partial charge in [0.1, 0.15) is 0 Å². The number of para-hydroxylation sites is 2. The fraction of sp³-hybridized carbons (Fsp3) is 0.493. The van der Waals surface area contributed by atoms with Crippen LogP contribution in [0.4, 0.5) is 34.1 Å². The van der Waals surface area contributed by atoms with Crippen molar-refractivity contribution in [2.45, 2.75) is 214 Å². The molecule has 0 radical (unpaired) electrons. The van der Waals surface area contributed by atoms with Gasteiger partial charge in [-0.2, -0.15) is 0 Å². The Morgan fingerprint density at radius 1 is 0.288 bits per heavy atom. The van der Waals surface area contributed by atoms with Crippen LogP contribution in [-0.4, -0.2) is 0 Å². The van der Waals surface area contributed by atoms with Crippen molar-refractivity contribution in [2.75, 3.05) is 9.80 Å². The van der Waals surface area contributed by atoms with E-state index < -0.39 is 0 Å². The maximum absolute atomic E-state index is 2.66. The van der Waals surface area contributed by atoms with E-state index in [0.717, 1.165) is 12.8 Å². The van der Waals surface area contributed by atoms with Crippen molar-refractivity contribution in [3.63, 3.8) is 0 Å². The zero-order valence-electron chi connectivity index (χ0n) is 48.0. The molecule has 0 spiro atoms. The largest absolute Gasteiger partial charge is 0.310 e. The van der Waals surface area contributed by atoms with E-state index in [1.165, 1.54) is 156 Å². The molecule has 6 aromatic carbocycles. The monoisotopic (exact) mass is 973 g/mol. The van der Waals surface area contributed by atoms with Crippen molar-refractivity contribution in [1.29, 1.82) is 0 Å². The van der Waals surface area contributed by atoms with Crippen molar-refractivity contribution >= 4 is 34.1 Å². The Labute approximate surface area is 444 Å². The quantitative estimate of drug-likeness (QED) is 0.0704. The minimum atomic E-state index is -0.126. The molecule has 0 aromatic heterocycles. The first-order valence-electron chi connectivity index (χ1n) is 29.0. The Bertz CT molecular complexity index is 2690. The molecule has 2 heteroatoms. The second-order valence-corrected chi connectivity index (χ2v) is 26.1. The molecule has 0 bridgehead atoms. The number of unbranched alkanes of at least 4 members (excludes halogenated alkanes) is 10. The van der Waals surface area contributed by atoms with Gasteiger partial charge in [-0.3, -0.25) is 0 Å². The average molecular weight is 974 g/mol. The van der Waals surface area contributed by atoms with Gasteiger partial charge in [-0.25, -0.2) is 0 Å². The van der Waals surface area contributed by atoms with Crippen LogP contribution in [0, 0.1) is 10.8 Å². The highest BCUT2D eigenvalue weighted by atomic mass is 15.1. The van der Waals surface area contributed by atoms with E-state index in [1.807, 2.05) is 0 Å². The highest BCUT2D eigenvalue weighted by Gasteiger charge is 2.58. The molecule has 6 aromatic rings. The molecule has 0 atom stereocenters. The van der Waals surface area contributed by atoms with Gasteiger partial charge in [0.05, 0.1) is 0 Å². The molecule has 2 nitrogen and oxygen atoms in total. The van der Waals surface area contributed by atoms with Crippen LogP contribution in [0.15, 0.2) is 133 Å². The Balaban J connectivity index is 1.23. The third-order valence-electron chi connectivity index (χ3n) is 21.3. The maximum atomic E-state index is 2.66. The topological polar surface area (TPSA) is 6.48 Å². The van der Waals surface area contributed by atoms with Crippen molar-refractivity contribution in [3.8, 4) is 11.1 Å². The molecule has 3 aliphatic carbocycles. The van der Waals surface area contributed by atoms with Crippen LogP contribution in [0.25, 0.3) is 11.1 Å². The van der Waals surface area contributed by atoms with E-state index in [-0.39, 0.29) is 37.9 Å². The summed E-state index contributed by atoms with van der Waals surface area (Å²) in [5, 5.41) is 0. The lowest BCUT2D eigenvalue weighted by Crippen LogP contribution is -2.42. The molecule has 0 saturated carbocycles. The summed E-state index contributed by atoms with van der Waals surface area (Å²) >= 11 is 0. The van der Waals surface area contributed by atoms with Crippen LogP contribution in [0.2, 0.25) is 0 Å². The standard InChI is InChI=1S/C71H92N2/c1-15-17-19-21-23-31-45-71(46-32-24-22-20-18-16-2)61-47-53(72(51-33-27-25-28-34-51)55-39-43-59-63(49-55)67(7,8)69(11,12)65(59,3)4)37-41-57(61)58-42-38-54(48-62(58)71)73(52-35-29-26-30-36-52)56-40-44-60-64(50-56)68(9,10)70(13,14)66(60,5)6/h25-30,33-44,47-50H,15-24,31-32,45-46H2,1-14H3. The first-order valence-corrected chi connectivity index (χ1v) is 29.0. The zero-order chi connectivity index (χ0) is 52.2. The SMILES string of the molecule is CCCCCCCCC1(CCCCCCCC)c2cc(N(c3ccccc3)c3ccc4c(c3)C(C)(C)C(C)(C)C4(C)C)ccc2-c2ccc(N(c3ccccc3)c3ccc4c(c3)C(C)(C)C(C)(C)C4(C)C)cc21. The summed E-state index contributed by atoms with van der Waals surface area (Å²) in [5.41, 5.74) is 19.4. The number of rotatable bonds is 20. The van der Waals surface area contributed by atoms with Crippen molar-refractivity contribution in [3.05, 3.63) is 167 Å². The molecule has 3 aliphatic rings. The normalized spacial score (nSPS) is 18.4. The van der Waals surface area contributed by atoms with Crippen molar-refractivity contribution in [2.24, 2.45) is 10.8 Å². The Morgan fingerprint density at radius 2 is 0.589 bits per heavy atom. The van der Waals surface area contributed by atoms with Gasteiger partial charge in [0.15, 0.2) is 0 Å². The first kappa shape index (κ1) is 52.8. The summed E-state index contributed by atoms with van der Waals surface area (Å²) in [6, 6.07) is 52.4. The number of nitrogens with zero attached hydrogens (tertiary/aromatic N) is 2. The fourth-order valence-electron chi connectivity index (χ4n) is 14.3. The van der Waals surface area contributed by atoms with E-state index in [2.05, 4.69) is 240 Å². The number of hydrogen-bond acceptors (Lipinski definition) is 2. The van der Waals surface area contributed by atoms with E-state index in [0.29, 0.717) is 0 Å². The van der Waals surface area contributed by atoms with Crippen LogP contribution < -0.4 is 9.80 Å². The van der Waals surface area contributed by atoms with Crippen molar-refractivity contribution in [1.82, 2.24) is 0 Å². The predicted molar refractivity (Wildman–Crippen MR) is 318 cm³/mol. The van der Waals surface area contributed by atoms with E-state index >= 15 is 0 Å². The van der Waals surface area contributed by atoms with Crippen LogP contribution in [0.1, 0.15) is 220 Å². The number of anilines is 6. The van der Waals surface area contributed by atoms with Crippen LogP contribution in [-0.2, 0) is 27.1 Å². The summed E-state index contributed by atoms with van der Waals surface area (Å²) in [5.74, 6) is 0. The smallest absolute Gasteiger partial charge is 0.0465 e. The second kappa shape index (κ2) is 19.9. The molecular formula is C71H92N2. The minimum Gasteiger partial charge on any atom is -0.310 e. The van der Waals surface area contributed by atoms with Gasteiger partial charge in [-0.1, -0.05) is 235 Å². The molecule has 73 heavy (non-hydrogen) atoms. The lowest BCUT2D eigenvalue weighted by atomic mass is 9.59. The molecule has 0 saturated heterocycles. The molecule has 0 amide bonds. The molecule has 9 rings (SSSR count). The van der Waals surface area contributed by atoms with Gasteiger partial charge in [0.2, 0.25) is 0 Å². The van der Waals surface area contributed by atoms with Gasteiger partial charge in [-0.15, -0.1) is 0 Å². The molecule has 0 N–H and O–H groups in total. The van der Waals surface area contributed by atoms with Crippen LogP contribution >= 0.6 is 0 Å². The highest BCUT2D eigenvalue weighted by Crippen LogP contribution is 2.64. The molecule has 0 unspecified atom stereocenters. The number of benzene rings is 6. The van der Waals surface area contributed by atoms with E-state index in [9.17, 15) is 0 Å². The van der Waals surface area contributed by atoms with Crippen molar-refractivity contribution < 1.29 is 0 Å². The fourth-order valence-corrected chi connectivity index (χ4v) is 14.3. The first-order chi connectivity index (χ1) is 34.7. The van der Waals surface area contributed by atoms with E-state index in [1.54, 1.807) is 0 Å². The minimum absolute atomic E-state index is 0.00170. The van der Waals surface area contributed by atoms with Crippen LogP contribution in [0.5, 0.6) is 0 Å². The number of fused-ring (bicyclic) bond motifs is 5. The molecular weight excluding hydrogens is 881 g/mol. The summed E-state index contributed by atoms with van der Waals surface area (Å²) in [4.78, 5) is 5.14. The number of hydrogen-bond donors (Lipinski definition) is 0. The van der Waals surface area contributed by atoms with Gasteiger partial charge in [-0.05, 0) is 163 Å². The predicted octanol–water partition coefficient (Wildman–Crippen LogP) is 21.6. The lowest BCUT2D eigenvalue weighted by Gasteiger charge is -2.44. The van der Waals surface area contributed by atoms with Gasteiger partial charge >= 0.3 is 0 Å². The zero-order valence-corrected chi connectivity index (χ0v) is 48.0. The molecule has 386 valence electrons. The average Bonchev–Trinajstić information content (AvgIpc) is 3.73. The van der Waals surface area contributed by atoms with Gasteiger partial charge in [0.25, 0.3) is 0 Å². The third kappa shape index (κ3) is 8.62. The highest BCUT2D eigenvalue weighted by molar-refractivity contribution is 5.89. The van der Waals surface area contributed by atoms with E-state index in [4.69, 9.17) is 0 Å². The lowest BCUT2D eigenvalue weighted by molar-refractivity contribution is 0.125. The summed E-state index contributed by atoms with van der Waals surface area (Å²) < 4.78 is 0. The summed E-state index contributed by atoms with van der Waals surface area (Å²) in [6.45, 7) is 34.3. The van der Waals surface area contributed by atoms with Gasteiger partial charge in [0, 0.05) is 39.5 Å². The maximum Gasteiger partial charge on any atom is 0.0465 e. The second-order valence-electron chi connectivity index (χ2n) is 26.1. The Morgan fingerprint density at radius 3 is 0.945 bits per heavy atom. The molecule has 0 heterocycles. The van der Waals surface area contributed by atoms with Crippen LogP contribution in [0.3, 0.4) is 0 Å². The van der Waals surface area contributed by atoms with Gasteiger partial charge < -0.3 is 9.80 Å². The molecule has 0 aliphatic heterocycles. The Kier molecular flexibility index (Phi) is 14.4. The summed E-state index contributed by atoms with van der Waals surface area (Å²) in [6.07, 6.45) is 17.8. The Hall–Kier alpha value is -5.08. The third-order valence-corrected chi connectivity index (χ3v) is 21.3. The molecule has 0 fully saturated rings. The summed E-state index contributed by atoms with van der Waals surface area (Å²) in [7, 11) is 0.